The Kier molecular flexibility index (Phi) is 4.02. The van der Waals surface area contributed by atoms with Crippen LogP contribution in [0.25, 0.3) is 0 Å². The minimum absolute atomic E-state index is 0.354. The molecule has 2 aromatic rings. The van der Waals surface area contributed by atoms with Crippen LogP contribution in [-0.2, 0) is 0 Å². The van der Waals surface area contributed by atoms with E-state index in [2.05, 4.69) is 10.6 Å². The van der Waals surface area contributed by atoms with E-state index in [1.54, 1.807) is 12.1 Å². The number of hydrogen-bond donors (Lipinski definition) is 2. The van der Waals surface area contributed by atoms with Crippen molar-refractivity contribution in [1.29, 1.82) is 0 Å². The van der Waals surface area contributed by atoms with Gasteiger partial charge in [0, 0.05) is 5.69 Å². The van der Waals surface area contributed by atoms with Crippen molar-refractivity contribution in [2.75, 3.05) is 10.6 Å². The van der Waals surface area contributed by atoms with Crippen molar-refractivity contribution in [2.24, 2.45) is 0 Å². The lowest BCUT2D eigenvalue weighted by atomic mass is 10.2. The second-order valence-electron chi connectivity index (χ2n) is 4.02. The largest absolute Gasteiger partial charge is 0.323 e. The Labute approximate surface area is 115 Å². The van der Waals surface area contributed by atoms with Crippen molar-refractivity contribution in [3.05, 3.63) is 58.9 Å². The Morgan fingerprint density at radius 2 is 1.79 bits per heavy atom. The van der Waals surface area contributed by atoms with Gasteiger partial charge < -0.3 is 10.6 Å². The van der Waals surface area contributed by atoms with E-state index in [9.17, 15) is 9.18 Å². The van der Waals surface area contributed by atoms with E-state index in [1.807, 2.05) is 13.0 Å². The average Bonchev–Trinajstić information content (AvgIpc) is 2.37. The summed E-state index contributed by atoms with van der Waals surface area (Å²) in [6.45, 7) is 1.85. The molecule has 0 atom stereocenters. The van der Waals surface area contributed by atoms with Crippen LogP contribution in [0.2, 0.25) is 5.02 Å². The van der Waals surface area contributed by atoms with Crippen molar-refractivity contribution >= 4 is 29.0 Å². The molecule has 0 saturated heterocycles. The van der Waals surface area contributed by atoms with Crippen LogP contribution in [0.5, 0.6) is 0 Å². The van der Waals surface area contributed by atoms with Crippen LogP contribution in [0.3, 0.4) is 0 Å². The predicted molar refractivity (Wildman–Crippen MR) is 75.2 cm³/mol. The average molecular weight is 279 g/mol. The number of hydrogen-bond acceptors (Lipinski definition) is 1. The lowest BCUT2D eigenvalue weighted by Crippen LogP contribution is -2.20. The number of amides is 2. The molecule has 0 bridgehead atoms. The lowest BCUT2D eigenvalue weighted by Gasteiger charge is -2.11. The van der Waals surface area contributed by atoms with Crippen molar-refractivity contribution in [3.8, 4) is 0 Å². The standard InChI is InChI=1S/C14H12ClFN2O/c1-9-3-2-4-12(15)13(9)18-14(19)17-11-7-5-10(16)6-8-11/h2-8H,1H3,(H2,17,18,19). The van der Waals surface area contributed by atoms with E-state index in [1.165, 1.54) is 24.3 Å². The number of nitrogens with one attached hydrogen (secondary N) is 2. The van der Waals surface area contributed by atoms with Crippen LogP contribution in [-0.4, -0.2) is 6.03 Å². The summed E-state index contributed by atoms with van der Waals surface area (Å²) in [7, 11) is 0. The monoisotopic (exact) mass is 278 g/mol. The van der Waals surface area contributed by atoms with Gasteiger partial charge >= 0.3 is 6.03 Å². The number of rotatable bonds is 2. The van der Waals surface area contributed by atoms with Gasteiger partial charge in [-0.15, -0.1) is 0 Å². The zero-order valence-electron chi connectivity index (χ0n) is 10.2. The van der Waals surface area contributed by atoms with Crippen molar-refractivity contribution < 1.29 is 9.18 Å². The smallest absolute Gasteiger partial charge is 0.308 e. The normalized spacial score (nSPS) is 10.1. The SMILES string of the molecule is Cc1cccc(Cl)c1NC(=O)Nc1ccc(F)cc1. The van der Waals surface area contributed by atoms with Gasteiger partial charge in [0.2, 0.25) is 0 Å². The van der Waals surface area contributed by atoms with E-state index >= 15 is 0 Å². The highest BCUT2D eigenvalue weighted by Gasteiger charge is 2.08. The van der Waals surface area contributed by atoms with Crippen LogP contribution in [0.1, 0.15) is 5.56 Å². The summed E-state index contributed by atoms with van der Waals surface area (Å²) in [6.07, 6.45) is 0. The Morgan fingerprint density at radius 1 is 1.11 bits per heavy atom. The molecular formula is C14H12ClFN2O. The number of para-hydroxylation sites is 1. The molecule has 0 heterocycles. The number of halogens is 2. The summed E-state index contributed by atoms with van der Waals surface area (Å²) in [6, 6.07) is 10.4. The van der Waals surface area contributed by atoms with Gasteiger partial charge in [0.25, 0.3) is 0 Å². The third-order valence-corrected chi connectivity index (χ3v) is 2.88. The van der Waals surface area contributed by atoms with E-state index < -0.39 is 6.03 Å². The molecule has 2 aromatic carbocycles. The third kappa shape index (κ3) is 3.45. The highest BCUT2D eigenvalue weighted by molar-refractivity contribution is 6.34. The predicted octanol–water partition coefficient (Wildman–Crippen LogP) is 4.43. The minimum Gasteiger partial charge on any atom is -0.308 e. The molecule has 2 rings (SSSR count). The number of anilines is 2. The van der Waals surface area contributed by atoms with Gasteiger partial charge in [-0.25, -0.2) is 9.18 Å². The van der Waals surface area contributed by atoms with Crippen molar-refractivity contribution in [1.82, 2.24) is 0 Å². The number of carbonyl (C=O) groups excluding carboxylic acids is 1. The molecule has 2 N–H and O–H groups in total. The summed E-state index contributed by atoms with van der Waals surface area (Å²) < 4.78 is 12.7. The minimum atomic E-state index is -0.428. The molecule has 0 fully saturated rings. The van der Waals surface area contributed by atoms with Gasteiger partial charge in [-0.05, 0) is 42.8 Å². The maximum atomic E-state index is 12.7. The van der Waals surface area contributed by atoms with E-state index in [0.29, 0.717) is 16.4 Å². The fourth-order valence-corrected chi connectivity index (χ4v) is 1.87. The van der Waals surface area contributed by atoms with E-state index in [4.69, 9.17) is 11.6 Å². The Morgan fingerprint density at radius 3 is 2.42 bits per heavy atom. The molecule has 0 spiro atoms. The maximum Gasteiger partial charge on any atom is 0.323 e. The Bertz CT molecular complexity index is 579. The van der Waals surface area contributed by atoms with Gasteiger partial charge in [-0.1, -0.05) is 23.7 Å². The first-order valence-electron chi connectivity index (χ1n) is 5.65. The van der Waals surface area contributed by atoms with Gasteiger partial charge in [-0.2, -0.15) is 0 Å². The fourth-order valence-electron chi connectivity index (χ4n) is 1.60. The highest BCUT2D eigenvalue weighted by Crippen LogP contribution is 2.25. The highest BCUT2D eigenvalue weighted by atomic mass is 35.5. The van der Waals surface area contributed by atoms with Gasteiger partial charge in [-0.3, -0.25) is 0 Å². The summed E-state index contributed by atoms with van der Waals surface area (Å²) in [4.78, 5) is 11.8. The lowest BCUT2D eigenvalue weighted by molar-refractivity contribution is 0.262. The van der Waals surface area contributed by atoms with Crippen molar-refractivity contribution in [3.63, 3.8) is 0 Å². The van der Waals surface area contributed by atoms with Gasteiger partial charge in [0.05, 0.1) is 10.7 Å². The molecule has 0 unspecified atom stereocenters. The zero-order valence-corrected chi connectivity index (χ0v) is 11.0. The van der Waals surface area contributed by atoms with Crippen LogP contribution in [0, 0.1) is 12.7 Å². The first-order chi connectivity index (χ1) is 9.06. The summed E-state index contributed by atoms with van der Waals surface area (Å²) in [5, 5.41) is 5.73. The maximum absolute atomic E-state index is 12.7. The van der Waals surface area contributed by atoms with Crippen molar-refractivity contribution in [2.45, 2.75) is 6.92 Å². The fraction of sp³-hybridized carbons (Fsp3) is 0.0714. The molecule has 0 aliphatic heterocycles. The van der Waals surface area contributed by atoms with Gasteiger partial charge in [0.15, 0.2) is 0 Å². The van der Waals surface area contributed by atoms with Gasteiger partial charge in [0.1, 0.15) is 5.82 Å². The molecule has 98 valence electrons. The third-order valence-electron chi connectivity index (χ3n) is 2.56. The molecule has 5 heteroatoms. The topological polar surface area (TPSA) is 41.1 Å². The first kappa shape index (κ1) is 13.4. The summed E-state index contributed by atoms with van der Waals surface area (Å²) >= 11 is 6.01. The quantitative estimate of drug-likeness (QED) is 0.838. The van der Waals surface area contributed by atoms with E-state index in [0.717, 1.165) is 5.56 Å². The van der Waals surface area contributed by atoms with E-state index in [-0.39, 0.29) is 5.82 Å². The molecule has 0 radical (unpaired) electrons. The molecular weight excluding hydrogens is 267 g/mol. The molecule has 0 aromatic heterocycles. The molecule has 0 aliphatic rings. The zero-order chi connectivity index (χ0) is 13.8. The molecule has 0 aliphatic carbocycles. The summed E-state index contributed by atoms with van der Waals surface area (Å²) in [5.41, 5.74) is 1.93. The van der Waals surface area contributed by atoms with Crippen LogP contribution >= 0.6 is 11.6 Å². The Hall–Kier alpha value is -2.07. The number of carbonyl (C=O) groups is 1. The Balaban J connectivity index is 2.07. The molecule has 2 amide bonds. The molecule has 3 nitrogen and oxygen atoms in total. The van der Waals surface area contributed by atoms with Crippen LogP contribution in [0.15, 0.2) is 42.5 Å². The summed E-state index contributed by atoms with van der Waals surface area (Å²) in [5.74, 6) is -0.354. The number of benzene rings is 2. The van der Waals surface area contributed by atoms with Crippen LogP contribution < -0.4 is 10.6 Å². The number of aryl methyl sites for hydroxylation is 1. The first-order valence-corrected chi connectivity index (χ1v) is 6.03. The molecule has 19 heavy (non-hydrogen) atoms. The second kappa shape index (κ2) is 5.71. The second-order valence-corrected chi connectivity index (χ2v) is 4.42. The van der Waals surface area contributed by atoms with Crippen LogP contribution in [0.4, 0.5) is 20.6 Å². The number of urea groups is 1. The molecule has 0 saturated carbocycles.